The highest BCUT2D eigenvalue weighted by atomic mass is 35.6. The van der Waals surface area contributed by atoms with E-state index in [1.165, 1.54) is 10.9 Å². The van der Waals surface area contributed by atoms with Crippen molar-refractivity contribution in [3.8, 4) is 0 Å². The molecule has 0 unspecified atom stereocenters. The molecule has 1 aromatic rings. The quantitative estimate of drug-likeness (QED) is 0.446. The maximum Gasteiger partial charge on any atom is 0.228 e. The molecule has 0 aromatic carbocycles. The highest BCUT2D eigenvalue weighted by Crippen LogP contribution is 2.52. The first-order valence-corrected chi connectivity index (χ1v) is 6.97. The number of halogens is 5. The van der Waals surface area contributed by atoms with Gasteiger partial charge in [-0.05, 0) is 12.8 Å². The Morgan fingerprint density at radius 3 is 2.44 bits per heavy atom. The van der Waals surface area contributed by atoms with Crippen molar-refractivity contribution < 1.29 is 4.79 Å². The van der Waals surface area contributed by atoms with E-state index in [0.29, 0.717) is 18.7 Å². The zero-order valence-electron chi connectivity index (χ0n) is 9.12. The van der Waals surface area contributed by atoms with Gasteiger partial charge in [-0.25, -0.2) is 4.68 Å². The Balaban J connectivity index is 2.79. The lowest BCUT2D eigenvalue weighted by atomic mass is 10.2. The molecule has 0 spiro atoms. The van der Waals surface area contributed by atoms with Crippen molar-refractivity contribution in [1.82, 2.24) is 15.0 Å². The largest absolute Gasteiger partial charge is 0.303 e. The maximum absolute atomic E-state index is 10.2. The average molecular weight is 353 g/mol. The number of aryl methyl sites for hydroxylation is 1. The fraction of sp³-hybridized carbons (Fsp3) is 0.667. The van der Waals surface area contributed by atoms with Crippen molar-refractivity contribution >= 4 is 64.3 Å². The van der Waals surface area contributed by atoms with E-state index in [0.717, 1.165) is 19.1 Å². The first-order chi connectivity index (χ1) is 8.30. The molecular formula is C9H10Cl5N3O. The second-order valence-corrected chi connectivity index (χ2v) is 7.19. The van der Waals surface area contributed by atoms with Gasteiger partial charge in [0, 0.05) is 13.0 Å². The Bertz CT molecular complexity index is 401. The standard InChI is InChI=1S/C9H10Cl5N3O/c10-8(11,9(12,13)14)7-6-15-16-17(7)4-2-1-3-5-18/h5-6H,1-4H2. The summed E-state index contributed by atoms with van der Waals surface area (Å²) >= 11 is 29.2. The molecule has 0 radical (unpaired) electrons. The van der Waals surface area contributed by atoms with Crippen molar-refractivity contribution in [2.75, 3.05) is 0 Å². The van der Waals surface area contributed by atoms with E-state index in [1.807, 2.05) is 0 Å². The monoisotopic (exact) mass is 351 g/mol. The summed E-state index contributed by atoms with van der Waals surface area (Å²) in [6.45, 7) is 0.491. The van der Waals surface area contributed by atoms with E-state index >= 15 is 0 Å². The van der Waals surface area contributed by atoms with Crippen LogP contribution in [-0.2, 0) is 15.7 Å². The van der Waals surface area contributed by atoms with Gasteiger partial charge in [-0.15, -0.1) is 5.10 Å². The fourth-order valence-electron chi connectivity index (χ4n) is 1.30. The molecule has 0 fully saturated rings. The van der Waals surface area contributed by atoms with Crippen LogP contribution in [0.1, 0.15) is 25.0 Å². The number of carbonyl (C=O) groups excluding carboxylic acids is 1. The number of aldehydes is 1. The minimum absolute atomic E-state index is 0.303. The third-order valence-corrected chi connectivity index (χ3v) is 4.62. The van der Waals surface area contributed by atoms with Gasteiger partial charge >= 0.3 is 0 Å². The van der Waals surface area contributed by atoms with Crippen LogP contribution in [0.15, 0.2) is 6.20 Å². The van der Waals surface area contributed by atoms with Gasteiger partial charge in [-0.1, -0.05) is 63.2 Å². The maximum atomic E-state index is 10.2. The Hall–Kier alpha value is 0.260. The molecule has 9 heteroatoms. The molecule has 0 aliphatic heterocycles. The van der Waals surface area contributed by atoms with Crippen molar-refractivity contribution in [2.24, 2.45) is 0 Å². The van der Waals surface area contributed by atoms with Gasteiger partial charge in [0.1, 0.15) is 6.29 Å². The van der Waals surface area contributed by atoms with Crippen LogP contribution in [0.25, 0.3) is 0 Å². The Kier molecular flexibility index (Phi) is 6.00. The highest BCUT2D eigenvalue weighted by molar-refractivity contribution is 6.75. The Labute approximate surface area is 129 Å². The van der Waals surface area contributed by atoms with Crippen LogP contribution >= 0.6 is 58.0 Å². The van der Waals surface area contributed by atoms with Gasteiger partial charge in [0.05, 0.1) is 11.9 Å². The van der Waals surface area contributed by atoms with Gasteiger partial charge < -0.3 is 4.79 Å². The molecule has 0 saturated carbocycles. The zero-order chi connectivity index (χ0) is 13.8. The van der Waals surface area contributed by atoms with E-state index in [2.05, 4.69) is 10.3 Å². The molecule has 1 aromatic heterocycles. The van der Waals surface area contributed by atoms with E-state index in [1.54, 1.807) is 0 Å². The first kappa shape index (κ1) is 16.3. The lowest BCUT2D eigenvalue weighted by molar-refractivity contribution is -0.107. The predicted octanol–water partition coefficient (Wildman–Crippen LogP) is 3.65. The number of alkyl halides is 5. The number of carbonyl (C=O) groups is 1. The van der Waals surface area contributed by atoms with Gasteiger partial charge in [-0.2, -0.15) is 0 Å². The summed E-state index contributed by atoms with van der Waals surface area (Å²) in [6, 6.07) is 0. The highest BCUT2D eigenvalue weighted by Gasteiger charge is 2.49. The molecule has 0 saturated heterocycles. The minimum atomic E-state index is -1.90. The Morgan fingerprint density at radius 2 is 1.89 bits per heavy atom. The number of rotatable bonds is 6. The van der Waals surface area contributed by atoms with Crippen LogP contribution < -0.4 is 0 Å². The van der Waals surface area contributed by atoms with Crippen LogP contribution in [0.2, 0.25) is 0 Å². The molecule has 0 bridgehead atoms. The van der Waals surface area contributed by atoms with Gasteiger partial charge in [0.25, 0.3) is 0 Å². The second-order valence-electron chi connectivity index (χ2n) is 3.58. The molecule has 1 heterocycles. The number of unbranched alkanes of at least 4 members (excludes halogenated alkanes) is 2. The molecule has 18 heavy (non-hydrogen) atoms. The molecule has 0 atom stereocenters. The van der Waals surface area contributed by atoms with Crippen LogP contribution in [0.3, 0.4) is 0 Å². The van der Waals surface area contributed by atoms with Crippen LogP contribution in [0.5, 0.6) is 0 Å². The topological polar surface area (TPSA) is 47.8 Å². The minimum Gasteiger partial charge on any atom is -0.303 e. The summed E-state index contributed by atoms with van der Waals surface area (Å²) in [7, 11) is 0. The molecule has 0 aliphatic carbocycles. The zero-order valence-corrected chi connectivity index (χ0v) is 12.9. The molecular weight excluding hydrogens is 343 g/mol. The normalized spacial score (nSPS) is 12.7. The van der Waals surface area contributed by atoms with Gasteiger partial charge in [0.2, 0.25) is 8.13 Å². The third kappa shape index (κ3) is 3.87. The third-order valence-electron chi connectivity index (χ3n) is 2.24. The summed E-state index contributed by atoms with van der Waals surface area (Å²) in [5, 5.41) is 7.53. The van der Waals surface area contributed by atoms with E-state index < -0.39 is 8.13 Å². The van der Waals surface area contributed by atoms with Crippen LogP contribution in [0.4, 0.5) is 0 Å². The second kappa shape index (κ2) is 6.62. The van der Waals surface area contributed by atoms with Crippen LogP contribution in [0, 0.1) is 0 Å². The van der Waals surface area contributed by atoms with Crippen LogP contribution in [-0.4, -0.2) is 25.1 Å². The Morgan fingerprint density at radius 1 is 1.22 bits per heavy atom. The summed E-state index contributed by atoms with van der Waals surface area (Å²) in [5.41, 5.74) is 0.303. The number of hydrogen-bond acceptors (Lipinski definition) is 3. The van der Waals surface area contributed by atoms with E-state index in [-0.39, 0.29) is 0 Å². The van der Waals surface area contributed by atoms with Crippen molar-refractivity contribution in [2.45, 2.75) is 33.9 Å². The summed E-state index contributed by atoms with van der Waals surface area (Å²) in [4.78, 5) is 10.2. The lowest BCUT2D eigenvalue weighted by Gasteiger charge is -2.27. The summed E-state index contributed by atoms with van der Waals surface area (Å²) in [5.74, 6) is 0. The SMILES string of the molecule is O=CCCCCn1nncc1C(Cl)(Cl)C(Cl)(Cl)Cl. The number of hydrogen-bond donors (Lipinski definition) is 0. The van der Waals surface area contributed by atoms with Crippen molar-refractivity contribution in [3.05, 3.63) is 11.9 Å². The molecule has 0 aliphatic rings. The van der Waals surface area contributed by atoms with Gasteiger partial charge in [0.15, 0.2) is 0 Å². The van der Waals surface area contributed by atoms with E-state index in [4.69, 9.17) is 58.0 Å². The van der Waals surface area contributed by atoms with Gasteiger partial charge in [-0.3, -0.25) is 0 Å². The molecule has 4 nitrogen and oxygen atoms in total. The van der Waals surface area contributed by atoms with Crippen molar-refractivity contribution in [3.63, 3.8) is 0 Å². The summed E-state index contributed by atoms with van der Waals surface area (Å²) < 4.78 is -2.18. The fourth-order valence-corrected chi connectivity index (χ4v) is 1.88. The predicted molar refractivity (Wildman–Crippen MR) is 73.6 cm³/mol. The first-order valence-electron chi connectivity index (χ1n) is 5.08. The molecule has 0 N–H and O–H groups in total. The molecule has 1 rings (SSSR count). The molecule has 0 amide bonds. The average Bonchev–Trinajstić information content (AvgIpc) is 2.71. The van der Waals surface area contributed by atoms with E-state index in [9.17, 15) is 4.79 Å². The number of nitrogens with zero attached hydrogens (tertiary/aromatic N) is 3. The molecule has 102 valence electrons. The number of aromatic nitrogens is 3. The smallest absolute Gasteiger partial charge is 0.228 e. The lowest BCUT2D eigenvalue weighted by Crippen LogP contribution is -2.31. The summed E-state index contributed by atoms with van der Waals surface area (Å²) in [6.07, 6.45) is 4.15. The van der Waals surface area contributed by atoms with Crippen molar-refractivity contribution in [1.29, 1.82) is 0 Å².